The Bertz CT molecular complexity index is 279. The van der Waals surface area contributed by atoms with Gasteiger partial charge in [-0.1, -0.05) is 0 Å². The van der Waals surface area contributed by atoms with E-state index in [4.69, 9.17) is 11.1 Å². The van der Waals surface area contributed by atoms with Gasteiger partial charge in [-0.3, -0.25) is 5.41 Å². The fourth-order valence-corrected chi connectivity index (χ4v) is 1.00. The van der Waals surface area contributed by atoms with E-state index in [1.165, 1.54) is 0 Å². The minimum absolute atomic E-state index is 0. The van der Waals surface area contributed by atoms with Crippen molar-refractivity contribution in [2.45, 2.75) is 6.92 Å². The summed E-state index contributed by atoms with van der Waals surface area (Å²) in [5.74, 6) is 0.0451. The van der Waals surface area contributed by atoms with Gasteiger partial charge in [0.15, 0.2) is 0 Å². The predicted octanol–water partition coefficient (Wildman–Crippen LogP) is -2.15. The Morgan fingerprint density at radius 3 is 2.50 bits per heavy atom. The summed E-state index contributed by atoms with van der Waals surface area (Å²) >= 11 is 0. The van der Waals surface area contributed by atoms with E-state index in [0.29, 0.717) is 5.69 Å². The Morgan fingerprint density at radius 1 is 1.58 bits per heavy atom. The van der Waals surface area contributed by atoms with Crippen LogP contribution in [0.3, 0.4) is 0 Å². The van der Waals surface area contributed by atoms with Gasteiger partial charge >= 0.3 is 51.4 Å². The summed E-state index contributed by atoms with van der Waals surface area (Å²) in [4.78, 5) is 0. The van der Waals surface area contributed by atoms with E-state index in [2.05, 4.69) is 5.43 Å². The molecule has 0 fully saturated rings. The van der Waals surface area contributed by atoms with Crippen molar-refractivity contribution in [1.29, 1.82) is 5.41 Å². The third-order valence-electron chi connectivity index (χ3n) is 1.52. The van der Waals surface area contributed by atoms with Gasteiger partial charge in [-0.25, -0.2) is 0 Å². The van der Waals surface area contributed by atoms with E-state index in [1.807, 2.05) is 13.0 Å². The molecule has 0 saturated heterocycles. The standard InChI is InChI=1S/C7H11N4.K/c1-5-3-4-6(7(8)9)11(5)10-2;/h3-4H,1-2H3,(H3,8,9);/q-1;+1. The van der Waals surface area contributed by atoms with Gasteiger partial charge in [0.2, 0.25) is 0 Å². The predicted molar refractivity (Wildman–Crippen MR) is 44.9 cm³/mol. The van der Waals surface area contributed by atoms with Crippen LogP contribution in [0, 0.1) is 12.3 Å². The van der Waals surface area contributed by atoms with Gasteiger partial charge in [-0.2, -0.15) is 0 Å². The van der Waals surface area contributed by atoms with Crippen LogP contribution in [0.2, 0.25) is 0 Å². The molecular weight excluding hydrogens is 179 g/mol. The monoisotopic (exact) mass is 190 g/mol. The van der Waals surface area contributed by atoms with Crippen molar-refractivity contribution in [3.05, 3.63) is 28.9 Å². The van der Waals surface area contributed by atoms with E-state index in [-0.39, 0.29) is 57.2 Å². The van der Waals surface area contributed by atoms with Gasteiger partial charge in [0.25, 0.3) is 0 Å². The molecule has 0 amide bonds. The molecule has 1 heterocycles. The van der Waals surface area contributed by atoms with E-state index >= 15 is 0 Å². The fourth-order valence-electron chi connectivity index (χ4n) is 1.00. The van der Waals surface area contributed by atoms with Crippen molar-refractivity contribution in [2.75, 3.05) is 7.05 Å². The first-order valence-electron chi connectivity index (χ1n) is 3.29. The average Bonchev–Trinajstić information content (AvgIpc) is 2.30. The number of aromatic nitrogens is 1. The summed E-state index contributed by atoms with van der Waals surface area (Å²) in [6.45, 7) is 1.92. The minimum atomic E-state index is 0. The van der Waals surface area contributed by atoms with E-state index < -0.39 is 0 Å². The largest absolute Gasteiger partial charge is 1.00 e. The second kappa shape index (κ2) is 5.03. The number of nitrogen functional groups attached to an aromatic ring is 1. The van der Waals surface area contributed by atoms with Crippen molar-refractivity contribution in [3.63, 3.8) is 0 Å². The molecule has 0 aromatic carbocycles. The van der Waals surface area contributed by atoms with Gasteiger partial charge in [0, 0.05) is 5.69 Å². The summed E-state index contributed by atoms with van der Waals surface area (Å²) in [6.07, 6.45) is 0. The molecule has 1 aromatic heterocycles. The Hall–Kier alpha value is 0.186. The zero-order valence-electron chi connectivity index (χ0n) is 7.63. The Labute approximate surface area is 114 Å². The zero-order chi connectivity index (χ0) is 8.43. The molecule has 0 aliphatic rings. The first kappa shape index (κ1) is 12.2. The van der Waals surface area contributed by atoms with Crippen LogP contribution in [-0.4, -0.2) is 17.6 Å². The number of nitrogens with one attached hydrogen (secondary N) is 1. The third-order valence-corrected chi connectivity index (χ3v) is 1.52. The topological polar surface area (TPSA) is 68.9 Å². The fraction of sp³-hybridized carbons (Fsp3) is 0.286. The number of nitrogens with two attached hydrogens (primary N) is 1. The SMILES string of the molecule is C[N-]n1c(C)ccc1C(=N)N.[K+]. The molecule has 5 heteroatoms. The van der Waals surface area contributed by atoms with Crippen LogP contribution in [0.1, 0.15) is 11.4 Å². The van der Waals surface area contributed by atoms with E-state index in [1.54, 1.807) is 17.8 Å². The molecule has 0 bridgehead atoms. The van der Waals surface area contributed by atoms with Crippen LogP contribution in [-0.2, 0) is 0 Å². The molecule has 1 rings (SSSR count). The normalized spacial score (nSPS) is 8.83. The van der Waals surface area contributed by atoms with E-state index in [0.717, 1.165) is 5.69 Å². The molecule has 0 aliphatic heterocycles. The maximum absolute atomic E-state index is 7.19. The summed E-state index contributed by atoms with van der Waals surface area (Å²) < 4.78 is 1.64. The zero-order valence-corrected chi connectivity index (χ0v) is 10.7. The van der Waals surface area contributed by atoms with Crippen molar-refractivity contribution in [2.24, 2.45) is 5.73 Å². The maximum atomic E-state index is 7.19. The molecule has 0 saturated carbocycles. The quantitative estimate of drug-likeness (QED) is 0.312. The first-order chi connectivity index (χ1) is 5.16. The second-order valence-electron chi connectivity index (χ2n) is 2.29. The Morgan fingerprint density at radius 2 is 2.17 bits per heavy atom. The van der Waals surface area contributed by atoms with Crippen LogP contribution in [0.4, 0.5) is 0 Å². The molecule has 0 unspecified atom stereocenters. The maximum Gasteiger partial charge on any atom is 1.00 e. The number of rotatable bonds is 2. The molecule has 3 N–H and O–H groups in total. The van der Waals surface area contributed by atoms with Gasteiger partial charge in [-0.15, -0.1) is 7.05 Å². The number of aryl methyl sites for hydroxylation is 1. The van der Waals surface area contributed by atoms with Crippen molar-refractivity contribution < 1.29 is 51.4 Å². The van der Waals surface area contributed by atoms with Crippen molar-refractivity contribution in [3.8, 4) is 0 Å². The molecule has 0 aliphatic carbocycles. The molecule has 12 heavy (non-hydrogen) atoms. The third kappa shape index (κ3) is 2.34. The van der Waals surface area contributed by atoms with Crippen LogP contribution in [0.25, 0.3) is 5.43 Å². The molecule has 0 atom stereocenters. The first-order valence-corrected chi connectivity index (χ1v) is 3.29. The van der Waals surface area contributed by atoms with Gasteiger partial charge < -0.3 is 15.8 Å². The van der Waals surface area contributed by atoms with Crippen LogP contribution in [0.5, 0.6) is 0 Å². The van der Waals surface area contributed by atoms with Crippen molar-refractivity contribution >= 4 is 5.84 Å². The van der Waals surface area contributed by atoms with Crippen molar-refractivity contribution in [1.82, 2.24) is 4.68 Å². The summed E-state index contributed by atoms with van der Waals surface area (Å²) in [5.41, 5.74) is 10.9. The van der Waals surface area contributed by atoms with Crippen LogP contribution < -0.4 is 57.1 Å². The van der Waals surface area contributed by atoms with E-state index in [9.17, 15) is 0 Å². The second-order valence-corrected chi connectivity index (χ2v) is 2.29. The molecule has 0 radical (unpaired) electrons. The minimum Gasteiger partial charge on any atom is -0.619 e. The number of amidine groups is 1. The van der Waals surface area contributed by atoms with Crippen LogP contribution >= 0.6 is 0 Å². The smallest absolute Gasteiger partial charge is 0.619 e. The molecule has 0 spiro atoms. The van der Waals surface area contributed by atoms with Gasteiger partial charge in [0.05, 0.1) is 5.69 Å². The molecule has 1 aromatic rings. The Balaban J connectivity index is 0.00000121. The summed E-state index contributed by atoms with van der Waals surface area (Å²) in [6, 6.07) is 3.66. The summed E-state index contributed by atoms with van der Waals surface area (Å²) in [5, 5.41) is 7.19. The number of hydrogen-bond acceptors (Lipinski definition) is 1. The molecule has 60 valence electrons. The van der Waals surface area contributed by atoms with Crippen LogP contribution in [0.15, 0.2) is 12.1 Å². The molecule has 4 nitrogen and oxygen atoms in total. The number of hydrogen-bond donors (Lipinski definition) is 2. The average molecular weight is 190 g/mol. The van der Waals surface area contributed by atoms with Gasteiger partial charge in [-0.05, 0) is 19.1 Å². The summed E-state index contributed by atoms with van der Waals surface area (Å²) in [7, 11) is 1.67. The number of nitrogens with zero attached hydrogens (tertiary/aromatic N) is 2. The molecular formula is C7H11KN4. The Kier molecular flexibility index (Phi) is 5.11. The van der Waals surface area contributed by atoms with Gasteiger partial charge in [0.1, 0.15) is 5.84 Å².